The summed E-state index contributed by atoms with van der Waals surface area (Å²) in [6, 6.07) is 11.6. The summed E-state index contributed by atoms with van der Waals surface area (Å²) < 4.78 is 0. The number of hydrogen-bond donors (Lipinski definition) is 1. The fourth-order valence-corrected chi connectivity index (χ4v) is 3.91. The van der Waals surface area contributed by atoms with E-state index in [-0.39, 0.29) is 0 Å². The molecule has 1 fully saturated rings. The molecule has 0 heterocycles. The average Bonchev–Trinajstić information content (AvgIpc) is 2.28. The highest BCUT2D eigenvalue weighted by Crippen LogP contribution is 2.58. The van der Waals surface area contributed by atoms with Crippen LogP contribution in [0.5, 0.6) is 0 Å². The summed E-state index contributed by atoms with van der Waals surface area (Å²) in [6.45, 7) is 9.48. The van der Waals surface area contributed by atoms with E-state index in [9.17, 15) is 0 Å². The van der Waals surface area contributed by atoms with Gasteiger partial charge in [-0.3, -0.25) is 0 Å². The molecule has 0 aliphatic heterocycles. The Balaban J connectivity index is 2.32. The first-order chi connectivity index (χ1) is 8.00. The molecule has 3 atom stereocenters. The molecule has 1 aromatic rings. The summed E-state index contributed by atoms with van der Waals surface area (Å²) in [6.07, 6.45) is 0. The van der Waals surface area contributed by atoms with Gasteiger partial charge in [0.25, 0.3) is 0 Å². The first-order valence-electron chi connectivity index (χ1n) is 6.72. The van der Waals surface area contributed by atoms with Crippen molar-refractivity contribution in [1.82, 2.24) is 5.32 Å². The molecule has 0 aromatic heterocycles. The molecule has 2 rings (SSSR count). The monoisotopic (exact) mass is 231 g/mol. The van der Waals surface area contributed by atoms with E-state index in [0.29, 0.717) is 17.4 Å². The zero-order valence-corrected chi connectivity index (χ0v) is 11.7. The molecule has 0 radical (unpaired) electrons. The van der Waals surface area contributed by atoms with Crippen molar-refractivity contribution in [1.29, 1.82) is 0 Å². The van der Waals surface area contributed by atoms with Gasteiger partial charge in [-0.15, -0.1) is 0 Å². The molecule has 1 saturated carbocycles. The van der Waals surface area contributed by atoms with Crippen molar-refractivity contribution < 1.29 is 0 Å². The van der Waals surface area contributed by atoms with Crippen LogP contribution in [0.25, 0.3) is 0 Å². The predicted octanol–water partition coefficient (Wildman–Crippen LogP) is 3.67. The summed E-state index contributed by atoms with van der Waals surface area (Å²) in [5.74, 6) is 2.16. The van der Waals surface area contributed by atoms with Gasteiger partial charge in [-0.1, -0.05) is 58.0 Å². The molecular formula is C16H25N. The summed E-state index contributed by atoms with van der Waals surface area (Å²) >= 11 is 0. The predicted molar refractivity (Wildman–Crippen MR) is 74.1 cm³/mol. The number of benzene rings is 1. The number of rotatable bonds is 3. The summed E-state index contributed by atoms with van der Waals surface area (Å²) in [4.78, 5) is 0. The maximum Gasteiger partial charge on any atom is 0.0158 e. The van der Waals surface area contributed by atoms with Crippen LogP contribution in [0.2, 0.25) is 0 Å². The van der Waals surface area contributed by atoms with Gasteiger partial charge in [0, 0.05) is 6.04 Å². The van der Waals surface area contributed by atoms with Gasteiger partial charge in [0.1, 0.15) is 0 Å². The molecule has 1 aliphatic rings. The molecule has 0 amide bonds. The Morgan fingerprint density at radius 3 is 2.18 bits per heavy atom. The quantitative estimate of drug-likeness (QED) is 0.837. The normalized spacial score (nSPS) is 31.3. The lowest BCUT2D eigenvalue weighted by Gasteiger charge is -2.60. The topological polar surface area (TPSA) is 12.0 Å². The van der Waals surface area contributed by atoms with Gasteiger partial charge in [-0.2, -0.15) is 0 Å². The molecule has 0 saturated heterocycles. The Bertz CT molecular complexity index is 366. The van der Waals surface area contributed by atoms with E-state index < -0.39 is 0 Å². The summed E-state index contributed by atoms with van der Waals surface area (Å²) in [5, 5.41) is 3.52. The van der Waals surface area contributed by atoms with Crippen LogP contribution in [0, 0.1) is 17.3 Å². The second kappa shape index (κ2) is 4.45. The van der Waals surface area contributed by atoms with Crippen LogP contribution in [0.3, 0.4) is 0 Å². The number of nitrogens with one attached hydrogen (secondary N) is 1. The zero-order chi connectivity index (χ0) is 12.6. The van der Waals surface area contributed by atoms with Crippen molar-refractivity contribution in [2.75, 3.05) is 7.05 Å². The van der Waals surface area contributed by atoms with E-state index in [0.717, 1.165) is 11.8 Å². The lowest BCUT2D eigenvalue weighted by atomic mass is 9.47. The molecule has 0 bridgehead atoms. The first kappa shape index (κ1) is 12.6. The van der Waals surface area contributed by atoms with Crippen LogP contribution in [-0.2, 0) is 0 Å². The highest BCUT2D eigenvalue weighted by molar-refractivity contribution is 5.30. The summed E-state index contributed by atoms with van der Waals surface area (Å²) in [5.41, 5.74) is 1.85. The van der Waals surface area contributed by atoms with Crippen molar-refractivity contribution in [2.45, 2.75) is 39.7 Å². The van der Waals surface area contributed by atoms with Gasteiger partial charge in [0.2, 0.25) is 0 Å². The van der Waals surface area contributed by atoms with Crippen molar-refractivity contribution in [2.24, 2.45) is 17.3 Å². The largest absolute Gasteiger partial charge is 0.316 e. The van der Waals surface area contributed by atoms with E-state index in [4.69, 9.17) is 0 Å². The lowest BCUT2D eigenvalue weighted by molar-refractivity contribution is -0.0328. The average molecular weight is 231 g/mol. The van der Waals surface area contributed by atoms with Crippen molar-refractivity contribution >= 4 is 0 Å². The van der Waals surface area contributed by atoms with E-state index in [1.54, 1.807) is 0 Å². The van der Waals surface area contributed by atoms with Crippen molar-refractivity contribution in [3.8, 4) is 0 Å². The fourth-order valence-electron chi connectivity index (χ4n) is 3.91. The molecule has 0 spiro atoms. The third-order valence-electron chi connectivity index (χ3n) is 4.61. The Labute approximate surface area is 106 Å². The molecule has 1 aromatic carbocycles. The minimum Gasteiger partial charge on any atom is -0.316 e. The van der Waals surface area contributed by atoms with Gasteiger partial charge < -0.3 is 5.32 Å². The van der Waals surface area contributed by atoms with Gasteiger partial charge in [-0.25, -0.2) is 0 Å². The Morgan fingerprint density at radius 2 is 1.71 bits per heavy atom. The molecule has 1 heteroatoms. The standard InChI is InChI=1S/C16H25N/c1-11(2)13-14(12-9-7-6-8-10-12)16(3,4)15(13)17-5/h6-11,13-15,17H,1-5H3. The van der Waals surface area contributed by atoms with Crippen LogP contribution in [-0.4, -0.2) is 13.1 Å². The van der Waals surface area contributed by atoms with Crippen LogP contribution < -0.4 is 5.32 Å². The van der Waals surface area contributed by atoms with Crippen molar-refractivity contribution in [3.63, 3.8) is 0 Å². The lowest BCUT2D eigenvalue weighted by Crippen LogP contribution is -2.63. The highest BCUT2D eigenvalue weighted by Gasteiger charge is 2.56. The van der Waals surface area contributed by atoms with Gasteiger partial charge in [0.15, 0.2) is 0 Å². The van der Waals surface area contributed by atoms with Crippen LogP contribution >= 0.6 is 0 Å². The molecule has 1 nitrogen and oxygen atoms in total. The molecular weight excluding hydrogens is 206 g/mol. The first-order valence-corrected chi connectivity index (χ1v) is 6.72. The molecule has 94 valence electrons. The minimum absolute atomic E-state index is 0.352. The zero-order valence-electron chi connectivity index (χ0n) is 11.7. The van der Waals surface area contributed by atoms with Gasteiger partial charge >= 0.3 is 0 Å². The second-order valence-electron chi connectivity index (χ2n) is 6.30. The van der Waals surface area contributed by atoms with E-state index in [1.807, 2.05) is 0 Å². The maximum atomic E-state index is 3.52. The number of hydrogen-bond acceptors (Lipinski definition) is 1. The van der Waals surface area contributed by atoms with Crippen LogP contribution in [0.15, 0.2) is 30.3 Å². The van der Waals surface area contributed by atoms with E-state index in [2.05, 4.69) is 70.4 Å². The Morgan fingerprint density at radius 1 is 1.12 bits per heavy atom. The van der Waals surface area contributed by atoms with E-state index >= 15 is 0 Å². The van der Waals surface area contributed by atoms with Crippen LogP contribution in [0.1, 0.15) is 39.2 Å². The third kappa shape index (κ3) is 1.91. The second-order valence-corrected chi connectivity index (χ2v) is 6.30. The molecule has 3 unspecified atom stereocenters. The van der Waals surface area contributed by atoms with E-state index in [1.165, 1.54) is 5.56 Å². The molecule has 1 N–H and O–H groups in total. The van der Waals surface area contributed by atoms with Gasteiger partial charge in [0.05, 0.1) is 0 Å². The third-order valence-corrected chi connectivity index (χ3v) is 4.61. The van der Waals surface area contributed by atoms with Gasteiger partial charge in [-0.05, 0) is 35.8 Å². The molecule has 1 aliphatic carbocycles. The SMILES string of the molecule is CNC1C(C(C)C)C(c2ccccc2)C1(C)C. The summed E-state index contributed by atoms with van der Waals surface area (Å²) in [7, 11) is 2.10. The Kier molecular flexibility index (Phi) is 3.31. The minimum atomic E-state index is 0.352. The van der Waals surface area contributed by atoms with Crippen molar-refractivity contribution in [3.05, 3.63) is 35.9 Å². The smallest absolute Gasteiger partial charge is 0.0158 e. The maximum absolute atomic E-state index is 3.52. The molecule has 17 heavy (non-hydrogen) atoms. The fraction of sp³-hybridized carbons (Fsp3) is 0.625. The Hall–Kier alpha value is -0.820. The van der Waals surface area contributed by atoms with Crippen LogP contribution in [0.4, 0.5) is 0 Å². The highest BCUT2D eigenvalue weighted by atomic mass is 15.0.